The number of nitrogens with zero attached hydrogens (tertiary/aromatic N) is 2. The molecule has 0 fully saturated rings. The smallest absolute Gasteiger partial charge is 0.239 e. The topological polar surface area (TPSA) is 75.9 Å². The number of unbranched alkanes of at least 4 members (excludes halogenated alkanes) is 3. The van der Waals surface area contributed by atoms with Gasteiger partial charge in [-0.25, -0.2) is 10.8 Å². The van der Waals surface area contributed by atoms with E-state index < -0.39 is 0 Å². The van der Waals surface area contributed by atoms with Crippen molar-refractivity contribution >= 4 is 23.5 Å². The Morgan fingerprint density at radius 3 is 2.88 bits per heavy atom. The first kappa shape index (κ1) is 14.1. The van der Waals surface area contributed by atoms with Crippen LogP contribution in [-0.4, -0.2) is 28.5 Å². The highest BCUT2D eigenvalue weighted by molar-refractivity contribution is 7.98. The van der Waals surface area contributed by atoms with Gasteiger partial charge in [0.1, 0.15) is 5.82 Å². The van der Waals surface area contributed by atoms with Crippen molar-refractivity contribution in [2.75, 3.05) is 29.3 Å². The molecule has 1 aromatic rings. The Labute approximate surface area is 107 Å². The Kier molecular flexibility index (Phi) is 7.49. The molecule has 0 radical (unpaired) electrons. The van der Waals surface area contributed by atoms with Crippen molar-refractivity contribution in [1.82, 2.24) is 9.97 Å². The molecule has 4 N–H and O–H groups in total. The maximum Gasteiger partial charge on any atom is 0.239 e. The first-order chi connectivity index (χ1) is 8.36. The van der Waals surface area contributed by atoms with Crippen molar-refractivity contribution in [3.63, 3.8) is 0 Å². The molecule has 0 aliphatic heterocycles. The molecule has 17 heavy (non-hydrogen) atoms. The van der Waals surface area contributed by atoms with E-state index in [1.54, 1.807) is 6.20 Å². The molecular weight excluding hydrogens is 234 g/mol. The zero-order valence-corrected chi connectivity index (χ0v) is 11.1. The van der Waals surface area contributed by atoms with E-state index in [0.717, 1.165) is 12.4 Å². The first-order valence-electron chi connectivity index (χ1n) is 5.89. The molecule has 0 atom stereocenters. The summed E-state index contributed by atoms with van der Waals surface area (Å²) in [5.41, 5.74) is 2.43. The fourth-order valence-corrected chi connectivity index (χ4v) is 1.96. The van der Waals surface area contributed by atoms with E-state index in [1.165, 1.54) is 31.4 Å². The van der Waals surface area contributed by atoms with Gasteiger partial charge in [-0.3, -0.25) is 5.43 Å². The van der Waals surface area contributed by atoms with Gasteiger partial charge in [-0.05, 0) is 30.9 Å². The van der Waals surface area contributed by atoms with Crippen LogP contribution in [0.2, 0.25) is 0 Å². The van der Waals surface area contributed by atoms with Crippen LogP contribution in [-0.2, 0) is 0 Å². The van der Waals surface area contributed by atoms with Crippen LogP contribution >= 0.6 is 11.8 Å². The number of rotatable bonds is 9. The second-order valence-corrected chi connectivity index (χ2v) is 4.73. The normalized spacial score (nSPS) is 10.2. The summed E-state index contributed by atoms with van der Waals surface area (Å²) in [5.74, 6) is 7.76. The van der Waals surface area contributed by atoms with Crippen LogP contribution in [0, 0.1) is 0 Å². The second kappa shape index (κ2) is 9.07. The molecule has 0 saturated carbocycles. The quantitative estimate of drug-likeness (QED) is 0.356. The Bertz CT molecular complexity index is 308. The van der Waals surface area contributed by atoms with Crippen LogP contribution < -0.4 is 16.6 Å². The van der Waals surface area contributed by atoms with E-state index in [-0.39, 0.29) is 0 Å². The van der Waals surface area contributed by atoms with Gasteiger partial charge in [-0.15, -0.1) is 0 Å². The first-order valence-corrected chi connectivity index (χ1v) is 7.28. The molecule has 0 bridgehead atoms. The van der Waals surface area contributed by atoms with E-state index in [4.69, 9.17) is 5.84 Å². The van der Waals surface area contributed by atoms with Crippen LogP contribution in [0.4, 0.5) is 11.8 Å². The fourth-order valence-electron chi connectivity index (χ4n) is 1.47. The molecule has 6 heteroatoms. The third-order valence-electron chi connectivity index (χ3n) is 2.37. The van der Waals surface area contributed by atoms with Gasteiger partial charge in [0.05, 0.1) is 0 Å². The van der Waals surface area contributed by atoms with E-state index in [2.05, 4.69) is 27.0 Å². The Balaban J connectivity index is 2.09. The lowest BCUT2D eigenvalue weighted by atomic mass is 10.2. The summed E-state index contributed by atoms with van der Waals surface area (Å²) in [7, 11) is 0. The van der Waals surface area contributed by atoms with Gasteiger partial charge < -0.3 is 5.32 Å². The highest BCUT2D eigenvalue weighted by Crippen LogP contribution is 2.07. The number of aromatic nitrogens is 2. The molecule has 96 valence electrons. The number of hydrogen-bond donors (Lipinski definition) is 3. The van der Waals surface area contributed by atoms with E-state index >= 15 is 0 Å². The van der Waals surface area contributed by atoms with Gasteiger partial charge in [-0.2, -0.15) is 16.7 Å². The monoisotopic (exact) mass is 255 g/mol. The van der Waals surface area contributed by atoms with Crippen LogP contribution in [0.5, 0.6) is 0 Å². The fraction of sp³-hybridized carbons (Fsp3) is 0.636. The van der Waals surface area contributed by atoms with Gasteiger partial charge in [-0.1, -0.05) is 12.8 Å². The summed E-state index contributed by atoms with van der Waals surface area (Å²) in [5, 5.41) is 3.26. The third-order valence-corrected chi connectivity index (χ3v) is 3.06. The molecule has 0 saturated heterocycles. The zero-order valence-electron chi connectivity index (χ0n) is 10.3. The maximum atomic E-state index is 5.24. The Morgan fingerprint density at radius 1 is 1.29 bits per heavy atom. The number of thioether (sulfide) groups is 1. The van der Waals surface area contributed by atoms with E-state index in [1.807, 2.05) is 17.8 Å². The van der Waals surface area contributed by atoms with Gasteiger partial charge >= 0.3 is 0 Å². The number of hydrazine groups is 1. The van der Waals surface area contributed by atoms with E-state index in [0.29, 0.717) is 5.95 Å². The minimum absolute atomic E-state index is 0.440. The number of hydrogen-bond acceptors (Lipinski definition) is 6. The summed E-state index contributed by atoms with van der Waals surface area (Å²) in [4.78, 5) is 8.12. The molecule has 1 rings (SSSR count). The van der Waals surface area contributed by atoms with Gasteiger partial charge in [0.15, 0.2) is 0 Å². The Morgan fingerprint density at radius 2 is 2.12 bits per heavy atom. The van der Waals surface area contributed by atoms with Gasteiger partial charge in [0, 0.05) is 12.7 Å². The minimum atomic E-state index is 0.440. The standard InChI is InChI=1S/C11H21N5S/c1-17-9-5-3-2-4-7-13-10-6-8-14-11(15-10)16-12/h6,8H,2-5,7,9,12H2,1H3,(H2,13,14,15,16). The highest BCUT2D eigenvalue weighted by Gasteiger charge is 1.96. The predicted molar refractivity (Wildman–Crippen MR) is 75.2 cm³/mol. The minimum Gasteiger partial charge on any atom is -0.370 e. The molecule has 5 nitrogen and oxygen atoms in total. The van der Waals surface area contributed by atoms with Crippen LogP contribution in [0.15, 0.2) is 12.3 Å². The lowest BCUT2D eigenvalue weighted by Crippen LogP contribution is -2.12. The predicted octanol–water partition coefficient (Wildman–Crippen LogP) is 2.10. The van der Waals surface area contributed by atoms with E-state index in [9.17, 15) is 0 Å². The lowest BCUT2D eigenvalue weighted by Gasteiger charge is -2.06. The molecule has 0 aromatic carbocycles. The summed E-state index contributed by atoms with van der Waals surface area (Å²) in [6.45, 7) is 0.945. The molecule has 0 aliphatic carbocycles. The van der Waals surface area contributed by atoms with Crippen molar-refractivity contribution in [1.29, 1.82) is 0 Å². The number of nitrogens with one attached hydrogen (secondary N) is 2. The number of anilines is 2. The summed E-state index contributed by atoms with van der Waals surface area (Å²) in [6, 6.07) is 1.84. The van der Waals surface area contributed by atoms with Crippen LogP contribution in [0.25, 0.3) is 0 Å². The average molecular weight is 255 g/mol. The number of nitrogens with two attached hydrogens (primary N) is 1. The molecule has 1 heterocycles. The summed E-state index contributed by atoms with van der Waals surface area (Å²) >= 11 is 1.92. The average Bonchev–Trinajstić information content (AvgIpc) is 2.38. The summed E-state index contributed by atoms with van der Waals surface area (Å²) < 4.78 is 0. The van der Waals surface area contributed by atoms with Gasteiger partial charge in [0.25, 0.3) is 0 Å². The van der Waals surface area contributed by atoms with Crippen LogP contribution in [0.1, 0.15) is 25.7 Å². The van der Waals surface area contributed by atoms with Crippen molar-refractivity contribution in [3.05, 3.63) is 12.3 Å². The zero-order chi connectivity index (χ0) is 12.3. The number of nitrogen functional groups attached to an aromatic ring is 1. The second-order valence-electron chi connectivity index (χ2n) is 3.74. The third kappa shape index (κ3) is 6.33. The van der Waals surface area contributed by atoms with Crippen molar-refractivity contribution < 1.29 is 0 Å². The lowest BCUT2D eigenvalue weighted by molar-refractivity contribution is 0.688. The van der Waals surface area contributed by atoms with Crippen molar-refractivity contribution in [3.8, 4) is 0 Å². The van der Waals surface area contributed by atoms with Gasteiger partial charge in [0.2, 0.25) is 5.95 Å². The molecule has 0 amide bonds. The Hall–Kier alpha value is -1.01. The largest absolute Gasteiger partial charge is 0.370 e. The highest BCUT2D eigenvalue weighted by atomic mass is 32.2. The molecular formula is C11H21N5S. The molecule has 0 aliphatic rings. The van der Waals surface area contributed by atoms with Crippen molar-refractivity contribution in [2.24, 2.45) is 5.84 Å². The molecule has 0 spiro atoms. The SMILES string of the molecule is CSCCCCCCNc1ccnc(NN)n1. The summed E-state index contributed by atoms with van der Waals surface area (Å²) in [6.07, 6.45) is 8.89. The maximum absolute atomic E-state index is 5.24. The molecule has 1 aromatic heterocycles. The molecule has 0 unspecified atom stereocenters. The van der Waals surface area contributed by atoms with Crippen molar-refractivity contribution in [2.45, 2.75) is 25.7 Å². The van der Waals surface area contributed by atoms with Crippen LogP contribution in [0.3, 0.4) is 0 Å².